The lowest BCUT2D eigenvalue weighted by molar-refractivity contribution is 0.183. The van der Waals surface area contributed by atoms with E-state index in [0.717, 1.165) is 0 Å². The molecule has 1 unspecified atom stereocenters. The number of sulfone groups is 1. The zero-order chi connectivity index (χ0) is 14.3. The molecule has 0 saturated heterocycles. The average Bonchev–Trinajstić information content (AvgIpc) is 2.40. The summed E-state index contributed by atoms with van der Waals surface area (Å²) in [5.41, 5.74) is 6.16. The third-order valence-electron chi connectivity index (χ3n) is 2.84. The largest absolute Gasteiger partial charge is 0.383 e. The number of hydrogen-bond donors (Lipinski definition) is 2. The van der Waals surface area contributed by atoms with Gasteiger partial charge < -0.3 is 15.8 Å². The molecule has 0 aromatic heterocycles. The Balaban J connectivity index is 3.00. The highest BCUT2D eigenvalue weighted by molar-refractivity contribution is 7.91. The Kier molecular flexibility index (Phi) is 6.27. The van der Waals surface area contributed by atoms with Gasteiger partial charge in [0.2, 0.25) is 0 Å². The van der Waals surface area contributed by atoms with Crippen molar-refractivity contribution in [2.24, 2.45) is 5.73 Å². The maximum Gasteiger partial charge on any atom is 0.180 e. The van der Waals surface area contributed by atoms with E-state index in [4.69, 9.17) is 10.5 Å². The van der Waals surface area contributed by atoms with E-state index in [9.17, 15) is 8.42 Å². The van der Waals surface area contributed by atoms with Crippen molar-refractivity contribution in [3.8, 4) is 0 Å². The van der Waals surface area contributed by atoms with E-state index in [0.29, 0.717) is 30.2 Å². The Morgan fingerprint density at radius 2 is 2.05 bits per heavy atom. The lowest BCUT2D eigenvalue weighted by Crippen LogP contribution is -2.28. The first-order valence-electron chi connectivity index (χ1n) is 6.32. The van der Waals surface area contributed by atoms with Crippen LogP contribution in [0.5, 0.6) is 0 Å². The Morgan fingerprint density at radius 1 is 1.37 bits per heavy atom. The molecule has 5 nitrogen and oxygen atoms in total. The van der Waals surface area contributed by atoms with Gasteiger partial charge in [0.15, 0.2) is 9.84 Å². The van der Waals surface area contributed by atoms with Gasteiger partial charge in [-0.15, -0.1) is 0 Å². The van der Waals surface area contributed by atoms with Crippen LogP contribution in [0.1, 0.15) is 13.3 Å². The molecule has 1 atom stereocenters. The number of benzene rings is 1. The van der Waals surface area contributed by atoms with Gasteiger partial charge in [-0.2, -0.15) is 0 Å². The minimum Gasteiger partial charge on any atom is -0.383 e. The molecule has 0 heterocycles. The zero-order valence-corrected chi connectivity index (χ0v) is 12.2. The molecular formula is C13H22N2O3S. The van der Waals surface area contributed by atoms with Gasteiger partial charge in [0.25, 0.3) is 0 Å². The molecule has 3 N–H and O–H groups in total. The van der Waals surface area contributed by atoms with E-state index in [-0.39, 0.29) is 11.8 Å². The van der Waals surface area contributed by atoms with E-state index in [1.807, 2.05) is 6.07 Å². The molecule has 1 aromatic carbocycles. The van der Waals surface area contributed by atoms with Crippen LogP contribution >= 0.6 is 0 Å². The van der Waals surface area contributed by atoms with Crippen molar-refractivity contribution in [2.75, 3.05) is 31.3 Å². The van der Waals surface area contributed by atoms with Gasteiger partial charge in [-0.25, -0.2) is 8.42 Å². The van der Waals surface area contributed by atoms with Gasteiger partial charge in [-0.3, -0.25) is 0 Å². The molecule has 1 aromatic rings. The Hall–Kier alpha value is -1.11. The molecule has 0 fully saturated rings. The summed E-state index contributed by atoms with van der Waals surface area (Å²) < 4.78 is 29.2. The fourth-order valence-electron chi connectivity index (χ4n) is 1.83. The molecule has 0 aliphatic carbocycles. The number of anilines is 1. The molecule has 19 heavy (non-hydrogen) atoms. The smallest absolute Gasteiger partial charge is 0.180 e. The number of para-hydroxylation sites is 1. The predicted molar refractivity (Wildman–Crippen MR) is 77.1 cm³/mol. The maximum absolute atomic E-state index is 12.0. The van der Waals surface area contributed by atoms with Crippen LogP contribution in [0.25, 0.3) is 0 Å². The first-order chi connectivity index (χ1) is 9.05. The highest BCUT2D eigenvalue weighted by Gasteiger charge is 2.18. The van der Waals surface area contributed by atoms with Crippen molar-refractivity contribution in [2.45, 2.75) is 24.3 Å². The molecule has 0 radical (unpaired) electrons. The minimum absolute atomic E-state index is 0.00297. The first kappa shape index (κ1) is 15.9. The third-order valence-corrected chi connectivity index (χ3v) is 4.63. The summed E-state index contributed by atoms with van der Waals surface area (Å²) in [7, 11) is -1.63. The minimum atomic E-state index is -3.24. The Labute approximate surface area is 115 Å². The Bertz CT molecular complexity index is 482. The van der Waals surface area contributed by atoms with Gasteiger partial charge >= 0.3 is 0 Å². The molecule has 0 aliphatic rings. The van der Waals surface area contributed by atoms with Crippen LogP contribution in [0.3, 0.4) is 0 Å². The predicted octanol–water partition coefficient (Wildman–Crippen LogP) is 1.26. The van der Waals surface area contributed by atoms with Crippen molar-refractivity contribution in [3.05, 3.63) is 24.3 Å². The van der Waals surface area contributed by atoms with Crippen LogP contribution in [-0.2, 0) is 14.6 Å². The number of rotatable bonds is 8. The molecule has 0 bridgehead atoms. The zero-order valence-electron chi connectivity index (χ0n) is 11.4. The summed E-state index contributed by atoms with van der Waals surface area (Å²) in [6.07, 6.45) is 0.717. The SMILES string of the molecule is CCS(=O)(=O)c1ccccc1NC(CCN)COC. The number of hydrogen-bond acceptors (Lipinski definition) is 5. The lowest BCUT2D eigenvalue weighted by Gasteiger charge is -2.20. The van der Waals surface area contributed by atoms with E-state index in [1.54, 1.807) is 32.2 Å². The summed E-state index contributed by atoms with van der Waals surface area (Å²) in [5, 5.41) is 3.21. The van der Waals surface area contributed by atoms with Crippen molar-refractivity contribution < 1.29 is 13.2 Å². The normalized spacial score (nSPS) is 13.2. The summed E-state index contributed by atoms with van der Waals surface area (Å²) in [6, 6.07) is 6.92. The van der Waals surface area contributed by atoms with E-state index >= 15 is 0 Å². The van der Waals surface area contributed by atoms with Crippen LogP contribution in [0.15, 0.2) is 29.2 Å². The summed E-state index contributed by atoms with van der Waals surface area (Å²) in [5.74, 6) is 0.0809. The molecule has 0 spiro atoms. The third kappa shape index (κ3) is 4.49. The monoisotopic (exact) mass is 286 g/mol. The summed E-state index contributed by atoms with van der Waals surface area (Å²) >= 11 is 0. The van der Waals surface area contributed by atoms with Gasteiger partial charge in [0.1, 0.15) is 0 Å². The quantitative estimate of drug-likeness (QED) is 0.752. The average molecular weight is 286 g/mol. The molecule has 0 aliphatic heterocycles. The van der Waals surface area contributed by atoms with Crippen LogP contribution in [0, 0.1) is 0 Å². The molecule has 0 amide bonds. The molecule has 0 saturated carbocycles. The Morgan fingerprint density at radius 3 is 2.63 bits per heavy atom. The molecule has 108 valence electrons. The number of ether oxygens (including phenoxy) is 1. The fraction of sp³-hybridized carbons (Fsp3) is 0.538. The highest BCUT2D eigenvalue weighted by Crippen LogP contribution is 2.23. The molecule has 1 rings (SSSR count). The first-order valence-corrected chi connectivity index (χ1v) is 7.97. The van der Waals surface area contributed by atoms with Crippen molar-refractivity contribution >= 4 is 15.5 Å². The van der Waals surface area contributed by atoms with Crippen molar-refractivity contribution in [1.29, 1.82) is 0 Å². The van der Waals surface area contributed by atoms with Crippen LogP contribution in [0.2, 0.25) is 0 Å². The fourth-order valence-corrected chi connectivity index (χ4v) is 2.89. The second kappa shape index (κ2) is 7.47. The van der Waals surface area contributed by atoms with Gasteiger partial charge in [0.05, 0.1) is 29.0 Å². The lowest BCUT2D eigenvalue weighted by atomic mass is 10.2. The van der Waals surface area contributed by atoms with E-state index in [1.165, 1.54) is 0 Å². The number of methoxy groups -OCH3 is 1. The van der Waals surface area contributed by atoms with Crippen LogP contribution < -0.4 is 11.1 Å². The number of nitrogens with one attached hydrogen (secondary N) is 1. The second-order valence-corrected chi connectivity index (χ2v) is 6.52. The van der Waals surface area contributed by atoms with Gasteiger partial charge in [-0.1, -0.05) is 19.1 Å². The summed E-state index contributed by atoms with van der Waals surface area (Å²) in [6.45, 7) is 2.64. The maximum atomic E-state index is 12.0. The highest BCUT2D eigenvalue weighted by atomic mass is 32.2. The summed E-state index contributed by atoms with van der Waals surface area (Å²) in [4.78, 5) is 0.329. The van der Waals surface area contributed by atoms with Gasteiger partial charge in [-0.05, 0) is 25.1 Å². The van der Waals surface area contributed by atoms with Crippen molar-refractivity contribution in [1.82, 2.24) is 0 Å². The second-order valence-electron chi connectivity index (χ2n) is 4.27. The topological polar surface area (TPSA) is 81.4 Å². The van der Waals surface area contributed by atoms with E-state index < -0.39 is 9.84 Å². The van der Waals surface area contributed by atoms with Crippen LogP contribution in [-0.4, -0.2) is 40.5 Å². The molecular weight excluding hydrogens is 264 g/mol. The van der Waals surface area contributed by atoms with Crippen LogP contribution in [0.4, 0.5) is 5.69 Å². The molecule has 6 heteroatoms. The number of nitrogens with two attached hydrogens (primary N) is 1. The standard InChI is InChI=1S/C13H22N2O3S/c1-3-19(16,17)13-7-5-4-6-12(13)15-11(8-9-14)10-18-2/h4-7,11,15H,3,8-10,14H2,1-2H3. The van der Waals surface area contributed by atoms with Crippen molar-refractivity contribution in [3.63, 3.8) is 0 Å². The van der Waals surface area contributed by atoms with E-state index in [2.05, 4.69) is 5.32 Å². The van der Waals surface area contributed by atoms with Gasteiger partial charge in [0, 0.05) is 7.11 Å².